The van der Waals surface area contributed by atoms with E-state index in [1.807, 2.05) is 6.07 Å². The maximum Gasteiger partial charge on any atom is 0.255 e. The van der Waals surface area contributed by atoms with Gasteiger partial charge >= 0.3 is 0 Å². The van der Waals surface area contributed by atoms with Crippen molar-refractivity contribution in [2.24, 2.45) is 7.05 Å². The molecule has 1 amide bonds. The Morgan fingerprint density at radius 1 is 1.30 bits per heavy atom. The highest BCUT2D eigenvalue weighted by Crippen LogP contribution is 2.12. The van der Waals surface area contributed by atoms with Crippen molar-refractivity contribution in [1.29, 1.82) is 0 Å². The zero-order valence-electron chi connectivity index (χ0n) is 10.8. The molecule has 0 radical (unpaired) electrons. The summed E-state index contributed by atoms with van der Waals surface area (Å²) in [5.74, 6) is -0.194. The Hall–Kier alpha value is -2.96. The minimum absolute atomic E-state index is 0.194. The molecule has 0 aliphatic heterocycles. The lowest BCUT2D eigenvalue weighted by Crippen LogP contribution is -2.12. The number of carbonyl (C=O) groups is 1. The Morgan fingerprint density at radius 3 is 2.90 bits per heavy atom. The van der Waals surface area contributed by atoms with Gasteiger partial charge in [-0.2, -0.15) is 10.2 Å². The maximum atomic E-state index is 12.2. The van der Waals surface area contributed by atoms with Crippen molar-refractivity contribution >= 4 is 11.6 Å². The Morgan fingerprint density at radius 2 is 2.20 bits per heavy atom. The predicted molar refractivity (Wildman–Crippen MR) is 72.5 cm³/mol. The van der Waals surface area contributed by atoms with E-state index in [1.54, 1.807) is 53.3 Å². The summed E-state index contributed by atoms with van der Waals surface area (Å²) in [5, 5.41) is 10.8. The molecule has 2 aromatic heterocycles. The first kappa shape index (κ1) is 12.1. The van der Waals surface area contributed by atoms with Crippen LogP contribution in [0.1, 0.15) is 10.4 Å². The number of hydrogen-bond acceptors (Lipinski definition) is 4. The van der Waals surface area contributed by atoms with E-state index >= 15 is 0 Å². The van der Waals surface area contributed by atoms with Gasteiger partial charge in [0.15, 0.2) is 0 Å². The van der Waals surface area contributed by atoms with E-state index in [0.717, 1.165) is 5.69 Å². The number of benzene rings is 1. The minimum Gasteiger partial charge on any atom is -0.319 e. The van der Waals surface area contributed by atoms with E-state index in [9.17, 15) is 4.79 Å². The van der Waals surface area contributed by atoms with Crippen LogP contribution in [0.5, 0.6) is 0 Å². The molecular weight excluding hydrogens is 256 g/mol. The second-order valence-corrected chi connectivity index (χ2v) is 4.25. The van der Waals surface area contributed by atoms with E-state index in [0.29, 0.717) is 11.3 Å². The number of nitrogens with zero attached hydrogens (tertiary/aromatic N) is 5. The lowest BCUT2D eigenvalue weighted by molar-refractivity contribution is 0.102. The van der Waals surface area contributed by atoms with Crippen LogP contribution in [0.4, 0.5) is 5.69 Å². The molecular formula is C13H12N6O. The fraction of sp³-hybridized carbons (Fsp3) is 0.0769. The summed E-state index contributed by atoms with van der Waals surface area (Å²) in [4.78, 5) is 16.0. The fourth-order valence-corrected chi connectivity index (χ4v) is 1.82. The van der Waals surface area contributed by atoms with Gasteiger partial charge in [0.2, 0.25) is 0 Å². The first-order chi connectivity index (χ1) is 9.72. The van der Waals surface area contributed by atoms with Gasteiger partial charge in [-0.1, -0.05) is 6.07 Å². The van der Waals surface area contributed by atoms with Gasteiger partial charge in [-0.05, 0) is 18.2 Å². The normalized spacial score (nSPS) is 10.4. The molecule has 1 N–H and O–H groups in total. The Kier molecular flexibility index (Phi) is 3.00. The monoisotopic (exact) mass is 268 g/mol. The van der Waals surface area contributed by atoms with Crippen LogP contribution in [0.2, 0.25) is 0 Å². The number of aryl methyl sites for hydroxylation is 1. The van der Waals surface area contributed by atoms with Gasteiger partial charge in [-0.3, -0.25) is 9.48 Å². The van der Waals surface area contributed by atoms with Gasteiger partial charge in [0.25, 0.3) is 5.91 Å². The quantitative estimate of drug-likeness (QED) is 0.775. The van der Waals surface area contributed by atoms with Gasteiger partial charge in [-0.15, -0.1) is 0 Å². The molecule has 0 aliphatic carbocycles. The Labute approximate surface area is 114 Å². The summed E-state index contributed by atoms with van der Waals surface area (Å²) in [5.41, 5.74) is 1.98. The topological polar surface area (TPSA) is 77.6 Å². The summed E-state index contributed by atoms with van der Waals surface area (Å²) < 4.78 is 3.22. The number of anilines is 1. The summed E-state index contributed by atoms with van der Waals surface area (Å²) in [7, 11) is 1.79. The lowest BCUT2D eigenvalue weighted by atomic mass is 10.2. The average Bonchev–Trinajstić information content (AvgIpc) is 3.11. The highest BCUT2D eigenvalue weighted by molar-refractivity contribution is 6.04. The second kappa shape index (κ2) is 4.96. The Balaban J connectivity index is 1.83. The van der Waals surface area contributed by atoms with Gasteiger partial charge in [-0.25, -0.2) is 9.67 Å². The third-order valence-electron chi connectivity index (χ3n) is 2.75. The first-order valence-corrected chi connectivity index (χ1v) is 5.97. The third kappa shape index (κ3) is 2.41. The van der Waals surface area contributed by atoms with Crippen LogP contribution in [0, 0.1) is 0 Å². The summed E-state index contributed by atoms with van der Waals surface area (Å²) in [6, 6.07) is 7.15. The van der Waals surface area contributed by atoms with E-state index in [4.69, 9.17) is 0 Å². The van der Waals surface area contributed by atoms with Crippen LogP contribution >= 0.6 is 0 Å². The van der Waals surface area contributed by atoms with Crippen molar-refractivity contribution in [1.82, 2.24) is 24.5 Å². The zero-order valence-corrected chi connectivity index (χ0v) is 10.8. The molecule has 1 aromatic carbocycles. The van der Waals surface area contributed by atoms with Crippen LogP contribution in [-0.4, -0.2) is 30.5 Å². The smallest absolute Gasteiger partial charge is 0.255 e. The number of amides is 1. The third-order valence-corrected chi connectivity index (χ3v) is 2.75. The van der Waals surface area contributed by atoms with Gasteiger partial charge in [0, 0.05) is 18.8 Å². The average molecular weight is 268 g/mol. The molecule has 100 valence electrons. The number of hydrogen-bond donors (Lipinski definition) is 1. The molecule has 0 atom stereocenters. The van der Waals surface area contributed by atoms with Crippen LogP contribution in [-0.2, 0) is 7.05 Å². The van der Waals surface area contributed by atoms with E-state index in [2.05, 4.69) is 20.5 Å². The molecule has 7 nitrogen and oxygen atoms in total. The summed E-state index contributed by atoms with van der Waals surface area (Å²) in [6.45, 7) is 0. The maximum absolute atomic E-state index is 12.2. The Bertz CT molecular complexity index is 731. The van der Waals surface area contributed by atoms with Crippen molar-refractivity contribution in [3.05, 3.63) is 54.9 Å². The SMILES string of the molecule is Cn1cc(NC(=O)c2cccc(-n3cncn3)c2)cn1. The summed E-state index contributed by atoms with van der Waals surface area (Å²) in [6.07, 6.45) is 6.36. The van der Waals surface area contributed by atoms with Gasteiger partial charge in [0.05, 0.1) is 17.6 Å². The number of rotatable bonds is 3. The molecule has 0 saturated carbocycles. The molecule has 0 bridgehead atoms. The van der Waals surface area contributed by atoms with Crippen molar-refractivity contribution in [2.45, 2.75) is 0 Å². The van der Waals surface area contributed by atoms with Crippen LogP contribution < -0.4 is 5.32 Å². The van der Waals surface area contributed by atoms with Crippen molar-refractivity contribution < 1.29 is 4.79 Å². The van der Waals surface area contributed by atoms with Gasteiger partial charge < -0.3 is 5.32 Å². The van der Waals surface area contributed by atoms with Gasteiger partial charge in [0.1, 0.15) is 12.7 Å². The van der Waals surface area contributed by atoms with Crippen molar-refractivity contribution in [2.75, 3.05) is 5.32 Å². The van der Waals surface area contributed by atoms with Crippen molar-refractivity contribution in [3.8, 4) is 5.69 Å². The van der Waals surface area contributed by atoms with Crippen molar-refractivity contribution in [3.63, 3.8) is 0 Å². The zero-order chi connectivity index (χ0) is 13.9. The standard InChI is InChI=1S/C13H12N6O/c1-18-7-11(6-15-18)17-13(20)10-3-2-4-12(5-10)19-9-14-8-16-19/h2-9H,1H3,(H,17,20). The second-order valence-electron chi connectivity index (χ2n) is 4.25. The highest BCUT2D eigenvalue weighted by atomic mass is 16.1. The molecule has 7 heteroatoms. The van der Waals surface area contributed by atoms with E-state index in [-0.39, 0.29) is 5.91 Å². The molecule has 0 spiro atoms. The minimum atomic E-state index is -0.194. The van der Waals surface area contributed by atoms with Crippen LogP contribution in [0.3, 0.4) is 0 Å². The molecule has 20 heavy (non-hydrogen) atoms. The lowest BCUT2D eigenvalue weighted by Gasteiger charge is -2.05. The predicted octanol–water partition coefficient (Wildman–Crippen LogP) is 1.25. The summed E-state index contributed by atoms with van der Waals surface area (Å²) >= 11 is 0. The van der Waals surface area contributed by atoms with Crippen LogP contribution in [0.25, 0.3) is 5.69 Å². The molecule has 3 rings (SSSR count). The number of aromatic nitrogens is 5. The molecule has 0 fully saturated rings. The molecule has 0 saturated heterocycles. The first-order valence-electron chi connectivity index (χ1n) is 5.97. The van der Waals surface area contributed by atoms with E-state index in [1.165, 1.54) is 6.33 Å². The van der Waals surface area contributed by atoms with Crippen LogP contribution in [0.15, 0.2) is 49.3 Å². The molecule has 3 aromatic rings. The largest absolute Gasteiger partial charge is 0.319 e. The number of nitrogens with one attached hydrogen (secondary N) is 1. The number of carbonyl (C=O) groups excluding carboxylic acids is 1. The van der Waals surface area contributed by atoms with E-state index < -0.39 is 0 Å². The highest BCUT2D eigenvalue weighted by Gasteiger charge is 2.08. The molecule has 0 unspecified atom stereocenters. The molecule has 2 heterocycles. The molecule has 0 aliphatic rings. The fourth-order valence-electron chi connectivity index (χ4n) is 1.82.